The van der Waals surface area contributed by atoms with Crippen molar-refractivity contribution in [3.63, 3.8) is 0 Å². The monoisotopic (exact) mass is 399 g/mol. The first-order valence-electron chi connectivity index (χ1n) is 9.02. The Kier molecular flexibility index (Phi) is 6.14. The van der Waals surface area contributed by atoms with E-state index in [2.05, 4.69) is 10.3 Å². The number of nitrogens with one attached hydrogen (secondary N) is 1. The number of para-hydroxylation sites is 1. The lowest BCUT2D eigenvalue weighted by atomic mass is 10.1. The van der Waals surface area contributed by atoms with Crippen molar-refractivity contribution in [2.45, 2.75) is 38.5 Å². The van der Waals surface area contributed by atoms with E-state index >= 15 is 0 Å². The zero-order chi connectivity index (χ0) is 20.3. The molecule has 1 heterocycles. The second kappa shape index (κ2) is 8.56. The predicted octanol–water partition coefficient (Wildman–Crippen LogP) is 3.83. The number of carbonyl (C=O) groups excluding carboxylic acids is 1. The van der Waals surface area contributed by atoms with Crippen LogP contribution in [0.25, 0.3) is 10.9 Å². The Hall–Kier alpha value is -2.67. The number of carbonyl (C=O) groups is 1. The molecule has 0 aliphatic rings. The number of aromatic nitrogens is 2. The van der Waals surface area contributed by atoms with Crippen LogP contribution in [0, 0.1) is 12.7 Å². The van der Waals surface area contributed by atoms with Gasteiger partial charge in [0.05, 0.1) is 16.7 Å². The van der Waals surface area contributed by atoms with Gasteiger partial charge in [-0.1, -0.05) is 36.0 Å². The third-order valence-corrected chi connectivity index (χ3v) is 5.29. The number of benzene rings is 2. The van der Waals surface area contributed by atoms with Crippen LogP contribution in [0.15, 0.2) is 52.4 Å². The fourth-order valence-electron chi connectivity index (χ4n) is 2.88. The van der Waals surface area contributed by atoms with Gasteiger partial charge in [0.1, 0.15) is 5.82 Å². The first-order chi connectivity index (χ1) is 13.4. The highest BCUT2D eigenvalue weighted by molar-refractivity contribution is 7.99. The molecule has 0 atom stereocenters. The Morgan fingerprint density at radius 3 is 2.71 bits per heavy atom. The molecule has 3 rings (SSSR count). The molecular formula is C21H22FN3O2S. The first kappa shape index (κ1) is 20.1. The normalized spacial score (nSPS) is 11.2. The third kappa shape index (κ3) is 4.42. The van der Waals surface area contributed by atoms with Gasteiger partial charge in [0.2, 0.25) is 5.91 Å². The molecule has 0 saturated carbocycles. The number of rotatable bonds is 6. The summed E-state index contributed by atoms with van der Waals surface area (Å²) in [6, 6.07) is 11.9. The summed E-state index contributed by atoms with van der Waals surface area (Å²) < 4.78 is 14.9. The maximum Gasteiger partial charge on any atom is 0.262 e. The van der Waals surface area contributed by atoms with E-state index in [-0.39, 0.29) is 29.1 Å². The fraction of sp³-hybridized carbons (Fsp3) is 0.286. The van der Waals surface area contributed by atoms with Crippen LogP contribution in [0.4, 0.5) is 4.39 Å². The minimum Gasteiger partial charge on any atom is -0.351 e. The van der Waals surface area contributed by atoms with Crippen LogP contribution >= 0.6 is 11.8 Å². The summed E-state index contributed by atoms with van der Waals surface area (Å²) in [7, 11) is 0. The van der Waals surface area contributed by atoms with Crippen molar-refractivity contribution in [2.24, 2.45) is 0 Å². The highest BCUT2D eigenvalue weighted by atomic mass is 32.2. The van der Waals surface area contributed by atoms with Crippen molar-refractivity contribution >= 4 is 28.6 Å². The Balaban J connectivity index is 1.72. The van der Waals surface area contributed by atoms with E-state index in [9.17, 15) is 14.0 Å². The molecule has 0 aliphatic heterocycles. The van der Waals surface area contributed by atoms with Crippen LogP contribution in [-0.4, -0.2) is 21.2 Å². The molecule has 146 valence electrons. The van der Waals surface area contributed by atoms with Crippen molar-refractivity contribution in [2.75, 3.05) is 5.75 Å². The second-order valence-electron chi connectivity index (χ2n) is 6.83. The van der Waals surface area contributed by atoms with Crippen LogP contribution in [0.5, 0.6) is 0 Å². The lowest BCUT2D eigenvalue weighted by Crippen LogP contribution is -2.27. The molecule has 0 radical (unpaired) electrons. The van der Waals surface area contributed by atoms with E-state index in [4.69, 9.17) is 0 Å². The van der Waals surface area contributed by atoms with Crippen LogP contribution in [-0.2, 0) is 11.3 Å². The summed E-state index contributed by atoms with van der Waals surface area (Å²) in [4.78, 5) is 29.6. The van der Waals surface area contributed by atoms with E-state index in [1.807, 2.05) is 26.0 Å². The van der Waals surface area contributed by atoms with Crippen LogP contribution < -0.4 is 10.9 Å². The predicted molar refractivity (Wildman–Crippen MR) is 110 cm³/mol. The van der Waals surface area contributed by atoms with Gasteiger partial charge >= 0.3 is 0 Å². The zero-order valence-electron chi connectivity index (χ0n) is 16.0. The standard InChI is InChI=1S/C21H22FN3O2S/c1-13(2)25-20(27)16-6-4-5-7-18(16)24-21(25)28-12-19(26)23-11-15-8-9-17(22)14(3)10-15/h4-10,13H,11-12H2,1-3H3,(H,23,26). The molecule has 0 unspecified atom stereocenters. The molecule has 0 fully saturated rings. The van der Waals surface area contributed by atoms with Gasteiger partial charge in [0.15, 0.2) is 5.16 Å². The Morgan fingerprint density at radius 2 is 2.00 bits per heavy atom. The van der Waals surface area contributed by atoms with Crippen molar-refractivity contribution in [3.05, 3.63) is 69.8 Å². The molecule has 28 heavy (non-hydrogen) atoms. The molecule has 0 aliphatic carbocycles. The van der Waals surface area contributed by atoms with Crippen molar-refractivity contribution in [3.8, 4) is 0 Å². The number of aryl methyl sites for hydroxylation is 1. The first-order valence-corrected chi connectivity index (χ1v) is 10.0. The molecule has 0 spiro atoms. The highest BCUT2D eigenvalue weighted by Crippen LogP contribution is 2.20. The van der Waals surface area contributed by atoms with Gasteiger partial charge in [-0.25, -0.2) is 9.37 Å². The summed E-state index contributed by atoms with van der Waals surface area (Å²) in [5.74, 6) is -0.304. The van der Waals surface area contributed by atoms with Crippen LogP contribution in [0.3, 0.4) is 0 Å². The molecule has 3 aromatic rings. The Morgan fingerprint density at radius 1 is 1.25 bits per heavy atom. The van der Waals surface area contributed by atoms with Gasteiger partial charge in [0.25, 0.3) is 5.56 Å². The average molecular weight is 399 g/mol. The van der Waals surface area contributed by atoms with E-state index < -0.39 is 0 Å². The maximum absolute atomic E-state index is 13.3. The summed E-state index contributed by atoms with van der Waals surface area (Å²) in [6.45, 7) is 5.84. The molecule has 0 saturated heterocycles. The molecular weight excluding hydrogens is 377 g/mol. The summed E-state index contributed by atoms with van der Waals surface area (Å²) in [5, 5.41) is 3.91. The molecule has 1 N–H and O–H groups in total. The van der Waals surface area contributed by atoms with Gasteiger partial charge in [0, 0.05) is 12.6 Å². The third-order valence-electron chi connectivity index (χ3n) is 4.34. The number of hydrogen-bond acceptors (Lipinski definition) is 4. The van der Waals surface area contributed by atoms with E-state index in [0.717, 1.165) is 5.56 Å². The van der Waals surface area contributed by atoms with Gasteiger partial charge in [-0.05, 0) is 50.1 Å². The van der Waals surface area contributed by atoms with Gasteiger partial charge < -0.3 is 5.32 Å². The highest BCUT2D eigenvalue weighted by Gasteiger charge is 2.15. The topological polar surface area (TPSA) is 64.0 Å². The summed E-state index contributed by atoms with van der Waals surface area (Å²) in [6.07, 6.45) is 0. The Labute approximate surface area is 167 Å². The molecule has 5 nitrogen and oxygen atoms in total. The maximum atomic E-state index is 13.3. The van der Waals surface area contributed by atoms with E-state index in [0.29, 0.717) is 28.2 Å². The number of fused-ring (bicyclic) bond motifs is 1. The number of nitrogens with zero attached hydrogens (tertiary/aromatic N) is 2. The number of thioether (sulfide) groups is 1. The van der Waals surface area contributed by atoms with Gasteiger partial charge in [-0.15, -0.1) is 0 Å². The quantitative estimate of drug-likeness (QED) is 0.505. The number of hydrogen-bond donors (Lipinski definition) is 1. The summed E-state index contributed by atoms with van der Waals surface area (Å²) in [5.41, 5.74) is 1.89. The molecule has 7 heteroatoms. The molecule has 1 aromatic heterocycles. The van der Waals surface area contributed by atoms with Crippen LogP contribution in [0.1, 0.15) is 31.0 Å². The lowest BCUT2D eigenvalue weighted by molar-refractivity contribution is -0.118. The summed E-state index contributed by atoms with van der Waals surface area (Å²) >= 11 is 1.23. The van der Waals surface area contributed by atoms with E-state index in [1.165, 1.54) is 17.8 Å². The zero-order valence-corrected chi connectivity index (χ0v) is 16.8. The van der Waals surface area contributed by atoms with Gasteiger partial charge in [-0.2, -0.15) is 0 Å². The van der Waals surface area contributed by atoms with Crippen molar-refractivity contribution < 1.29 is 9.18 Å². The van der Waals surface area contributed by atoms with E-state index in [1.54, 1.807) is 35.8 Å². The Bertz CT molecular complexity index is 1080. The molecule has 2 aromatic carbocycles. The molecule has 1 amide bonds. The van der Waals surface area contributed by atoms with Crippen LogP contribution in [0.2, 0.25) is 0 Å². The smallest absolute Gasteiger partial charge is 0.262 e. The van der Waals surface area contributed by atoms with Crippen molar-refractivity contribution in [1.82, 2.24) is 14.9 Å². The number of amides is 1. The minimum atomic E-state index is -0.264. The van der Waals surface area contributed by atoms with Crippen molar-refractivity contribution in [1.29, 1.82) is 0 Å². The second-order valence-corrected chi connectivity index (χ2v) is 7.77. The SMILES string of the molecule is Cc1cc(CNC(=O)CSc2nc3ccccc3c(=O)n2C(C)C)ccc1F. The minimum absolute atomic E-state index is 0.0719. The fourth-order valence-corrected chi connectivity index (χ4v) is 3.84. The lowest BCUT2D eigenvalue weighted by Gasteiger charge is -2.16. The van der Waals surface area contributed by atoms with Gasteiger partial charge in [-0.3, -0.25) is 14.2 Å². The average Bonchev–Trinajstić information content (AvgIpc) is 2.67. The largest absolute Gasteiger partial charge is 0.351 e. The molecule has 0 bridgehead atoms. The number of halogens is 1.